The van der Waals surface area contributed by atoms with E-state index >= 15 is 0 Å². The van der Waals surface area contributed by atoms with Crippen LogP contribution >= 0.6 is 11.3 Å². The van der Waals surface area contributed by atoms with E-state index in [1.54, 1.807) is 28.6 Å². The molecule has 9 heteroatoms. The maximum Gasteiger partial charge on any atom is 0.289 e. The lowest BCUT2D eigenvalue weighted by Gasteiger charge is -2.31. The Morgan fingerprint density at radius 3 is 2.87 bits per heavy atom. The van der Waals surface area contributed by atoms with Gasteiger partial charge >= 0.3 is 0 Å². The Morgan fingerprint density at radius 1 is 1.27 bits per heavy atom. The minimum atomic E-state index is -0.339. The molecule has 0 radical (unpaired) electrons. The molecular weight excluding hydrogens is 409 g/mol. The topological polar surface area (TPSA) is 84.7 Å². The van der Waals surface area contributed by atoms with E-state index in [-0.39, 0.29) is 35.9 Å². The van der Waals surface area contributed by atoms with Crippen LogP contribution in [0.25, 0.3) is 0 Å². The lowest BCUT2D eigenvalue weighted by Crippen LogP contribution is -2.43. The number of piperidine rings is 1. The summed E-state index contributed by atoms with van der Waals surface area (Å²) in [5.41, 5.74) is 0. The van der Waals surface area contributed by atoms with Gasteiger partial charge in [0.25, 0.3) is 5.91 Å². The van der Waals surface area contributed by atoms with Gasteiger partial charge < -0.3 is 19.4 Å². The molecule has 0 bridgehead atoms. The zero-order chi connectivity index (χ0) is 20.9. The van der Waals surface area contributed by atoms with Gasteiger partial charge in [0.2, 0.25) is 5.91 Å². The first-order chi connectivity index (χ1) is 14.6. The first kappa shape index (κ1) is 20.1. The predicted octanol–water partition coefficient (Wildman–Crippen LogP) is 3.95. The van der Waals surface area contributed by atoms with Crippen molar-refractivity contribution in [3.8, 4) is 5.75 Å². The van der Waals surface area contributed by atoms with Crippen LogP contribution in [0.4, 0.5) is 9.52 Å². The van der Waals surface area contributed by atoms with E-state index in [9.17, 15) is 14.0 Å². The molecule has 3 aromatic rings. The monoisotopic (exact) mass is 429 g/mol. The molecule has 1 aliphatic heterocycles. The quantitative estimate of drug-likeness (QED) is 0.642. The van der Waals surface area contributed by atoms with E-state index in [2.05, 4.69) is 10.3 Å². The van der Waals surface area contributed by atoms with Gasteiger partial charge in [-0.05, 0) is 49.2 Å². The zero-order valence-corrected chi connectivity index (χ0v) is 16.9. The Kier molecular flexibility index (Phi) is 6.08. The Bertz CT molecular complexity index is 1000. The Hall–Kier alpha value is -3.20. The average molecular weight is 429 g/mol. The lowest BCUT2D eigenvalue weighted by atomic mass is 9.97. The molecule has 1 N–H and O–H groups in total. The fourth-order valence-electron chi connectivity index (χ4n) is 3.28. The maximum atomic E-state index is 12.9. The molecule has 0 spiro atoms. The molecule has 1 fully saturated rings. The van der Waals surface area contributed by atoms with Crippen molar-refractivity contribution in [2.45, 2.75) is 19.4 Å². The lowest BCUT2D eigenvalue weighted by molar-refractivity contribution is -0.121. The average Bonchev–Trinajstić information content (AvgIpc) is 3.45. The zero-order valence-electron chi connectivity index (χ0n) is 16.0. The van der Waals surface area contributed by atoms with E-state index < -0.39 is 0 Å². The molecule has 2 amide bonds. The van der Waals surface area contributed by atoms with E-state index in [1.807, 2.05) is 0 Å². The summed E-state index contributed by atoms with van der Waals surface area (Å²) in [4.78, 5) is 31.0. The molecule has 0 saturated carbocycles. The van der Waals surface area contributed by atoms with Gasteiger partial charge in [-0.15, -0.1) is 11.3 Å². The van der Waals surface area contributed by atoms with Gasteiger partial charge in [-0.25, -0.2) is 9.37 Å². The van der Waals surface area contributed by atoms with Crippen LogP contribution in [-0.4, -0.2) is 34.8 Å². The van der Waals surface area contributed by atoms with E-state index in [1.165, 1.54) is 35.6 Å². The number of halogens is 1. The van der Waals surface area contributed by atoms with Crippen LogP contribution in [0.5, 0.6) is 5.75 Å². The van der Waals surface area contributed by atoms with E-state index in [4.69, 9.17) is 9.15 Å². The molecule has 1 aromatic carbocycles. The molecule has 1 aliphatic rings. The molecule has 1 saturated heterocycles. The number of hydrogen-bond donors (Lipinski definition) is 1. The fourth-order valence-corrected chi connectivity index (χ4v) is 3.81. The largest absolute Gasteiger partial charge is 0.486 e. The Morgan fingerprint density at radius 2 is 2.10 bits per heavy atom. The summed E-state index contributed by atoms with van der Waals surface area (Å²) in [6.07, 6.45) is 3.09. The van der Waals surface area contributed by atoms with Crippen LogP contribution < -0.4 is 10.1 Å². The molecule has 3 heterocycles. The molecule has 7 nitrogen and oxygen atoms in total. The first-order valence-corrected chi connectivity index (χ1v) is 10.4. The number of nitrogens with one attached hydrogen (secondary N) is 1. The third-order valence-corrected chi connectivity index (χ3v) is 5.50. The summed E-state index contributed by atoms with van der Waals surface area (Å²) in [5, 5.41) is 5.15. The number of benzene rings is 1. The molecular formula is C21H20FN3O4S. The smallest absolute Gasteiger partial charge is 0.289 e. The van der Waals surface area contributed by atoms with Crippen molar-refractivity contribution in [3.63, 3.8) is 0 Å². The van der Waals surface area contributed by atoms with Crippen molar-refractivity contribution in [2.24, 2.45) is 5.92 Å². The number of ether oxygens (including phenoxy) is 1. The van der Waals surface area contributed by atoms with Crippen LogP contribution in [-0.2, 0) is 11.4 Å². The predicted molar refractivity (Wildman–Crippen MR) is 109 cm³/mol. The number of amides is 2. The minimum absolute atomic E-state index is 0.123. The van der Waals surface area contributed by atoms with Crippen molar-refractivity contribution in [2.75, 3.05) is 18.4 Å². The highest BCUT2D eigenvalue weighted by Crippen LogP contribution is 2.22. The molecule has 30 heavy (non-hydrogen) atoms. The van der Waals surface area contributed by atoms with Crippen LogP contribution in [0.2, 0.25) is 0 Å². The number of thiazole rings is 1. The minimum Gasteiger partial charge on any atom is -0.486 e. The van der Waals surface area contributed by atoms with Gasteiger partial charge in [0.1, 0.15) is 23.9 Å². The second-order valence-electron chi connectivity index (χ2n) is 6.93. The Labute approximate surface area is 176 Å². The second kappa shape index (κ2) is 9.08. The summed E-state index contributed by atoms with van der Waals surface area (Å²) in [6, 6.07) is 8.94. The summed E-state index contributed by atoms with van der Waals surface area (Å²) in [6.45, 7) is 1.03. The highest BCUT2D eigenvalue weighted by atomic mass is 32.1. The summed E-state index contributed by atoms with van der Waals surface area (Å²) < 4.78 is 24.1. The number of carbonyl (C=O) groups is 2. The van der Waals surface area contributed by atoms with Gasteiger partial charge in [0.15, 0.2) is 10.9 Å². The standard InChI is InChI=1S/C21H20FN3O4S/c22-15-3-5-16(6-4-15)28-13-17-7-8-18(29-17)20(27)25-10-1-2-14(12-25)19(26)24-21-23-9-11-30-21/h3-9,11,14H,1-2,10,12-13H2,(H,23,24,26). The van der Waals surface area contributed by atoms with Crippen molar-refractivity contribution >= 4 is 28.3 Å². The molecule has 2 aromatic heterocycles. The highest BCUT2D eigenvalue weighted by molar-refractivity contribution is 7.13. The van der Waals surface area contributed by atoms with E-state index in [0.717, 1.165) is 12.8 Å². The third kappa shape index (κ3) is 4.85. The van der Waals surface area contributed by atoms with Gasteiger partial charge in [0.05, 0.1) is 5.92 Å². The van der Waals surface area contributed by atoms with Crippen LogP contribution in [0.1, 0.15) is 29.2 Å². The van der Waals surface area contributed by atoms with Gasteiger partial charge in [0, 0.05) is 24.7 Å². The van der Waals surface area contributed by atoms with Crippen molar-refractivity contribution in [3.05, 3.63) is 65.3 Å². The van der Waals surface area contributed by atoms with Crippen molar-refractivity contribution in [1.82, 2.24) is 9.88 Å². The number of aromatic nitrogens is 1. The number of nitrogens with zero attached hydrogens (tertiary/aromatic N) is 2. The number of hydrogen-bond acceptors (Lipinski definition) is 6. The molecule has 1 unspecified atom stereocenters. The van der Waals surface area contributed by atoms with Crippen LogP contribution in [0, 0.1) is 11.7 Å². The van der Waals surface area contributed by atoms with Crippen LogP contribution in [0.15, 0.2) is 52.4 Å². The highest BCUT2D eigenvalue weighted by Gasteiger charge is 2.30. The number of anilines is 1. The van der Waals surface area contributed by atoms with Gasteiger partial charge in [-0.2, -0.15) is 0 Å². The maximum absolute atomic E-state index is 12.9. The number of likely N-dealkylation sites (tertiary alicyclic amines) is 1. The summed E-state index contributed by atoms with van der Waals surface area (Å²) in [7, 11) is 0. The van der Waals surface area contributed by atoms with Crippen molar-refractivity contribution < 1.29 is 23.1 Å². The summed E-state index contributed by atoms with van der Waals surface area (Å²) >= 11 is 1.36. The van der Waals surface area contributed by atoms with Gasteiger partial charge in [-0.1, -0.05) is 0 Å². The number of rotatable bonds is 6. The molecule has 4 rings (SSSR count). The van der Waals surface area contributed by atoms with E-state index in [0.29, 0.717) is 29.7 Å². The number of carbonyl (C=O) groups excluding carboxylic acids is 2. The third-order valence-electron chi connectivity index (χ3n) is 4.81. The fraction of sp³-hybridized carbons (Fsp3) is 0.286. The Balaban J connectivity index is 1.33. The van der Waals surface area contributed by atoms with Crippen LogP contribution in [0.3, 0.4) is 0 Å². The SMILES string of the molecule is O=C(Nc1nccs1)C1CCCN(C(=O)c2ccc(COc3ccc(F)cc3)o2)C1. The molecule has 1 atom stereocenters. The molecule has 0 aliphatic carbocycles. The second-order valence-corrected chi connectivity index (χ2v) is 7.82. The van der Waals surface area contributed by atoms with Crippen molar-refractivity contribution in [1.29, 1.82) is 0 Å². The normalized spacial score (nSPS) is 16.3. The summed E-state index contributed by atoms with van der Waals surface area (Å²) in [5.74, 6) is 0.179. The first-order valence-electron chi connectivity index (χ1n) is 9.55. The number of furan rings is 1. The molecule has 156 valence electrons. The van der Waals surface area contributed by atoms with Gasteiger partial charge in [-0.3, -0.25) is 9.59 Å².